The number of hydrogen-bond donors (Lipinski definition) is 2. The Balaban J connectivity index is 1.42. The standard InChI is InChI=1S/C25H33F3N6O/c1-15(2)22-24(35)31-21-14-33(17-7-5-6-16(12-17)25(26,27)28)10-11-34(21)13-20-29-19-9-4-3-8-18(19)23(30-20)32-22/h3-4,8-9,15-17,21-22H,5-7,10-14H2,1-2H3,(H,31,35)(H,29,30,32)/t16?,17?,21?,22-/m0/s1. The molecule has 1 aromatic carbocycles. The Labute approximate surface area is 203 Å². The molecule has 2 aromatic rings. The van der Waals surface area contributed by atoms with E-state index in [0.29, 0.717) is 44.2 Å². The summed E-state index contributed by atoms with van der Waals surface area (Å²) in [6.07, 6.45) is -2.77. The lowest BCUT2D eigenvalue weighted by atomic mass is 9.84. The van der Waals surface area contributed by atoms with Crippen LogP contribution < -0.4 is 10.6 Å². The molecular weight excluding hydrogens is 457 g/mol. The van der Waals surface area contributed by atoms with Gasteiger partial charge in [-0.1, -0.05) is 32.4 Å². The average molecular weight is 491 g/mol. The number of rotatable bonds is 2. The van der Waals surface area contributed by atoms with Crippen LogP contribution in [0.5, 0.6) is 0 Å². The van der Waals surface area contributed by atoms with Gasteiger partial charge in [-0.2, -0.15) is 13.2 Å². The third-order valence-corrected chi connectivity index (χ3v) is 7.69. The van der Waals surface area contributed by atoms with E-state index in [1.54, 1.807) is 0 Å². The molecule has 1 aliphatic carbocycles. The van der Waals surface area contributed by atoms with Gasteiger partial charge in [-0.3, -0.25) is 14.6 Å². The highest BCUT2D eigenvalue weighted by Crippen LogP contribution is 2.39. The van der Waals surface area contributed by atoms with Crippen molar-refractivity contribution in [2.45, 2.75) is 70.5 Å². The molecule has 7 nitrogen and oxygen atoms in total. The van der Waals surface area contributed by atoms with E-state index in [0.717, 1.165) is 17.3 Å². The van der Waals surface area contributed by atoms with Gasteiger partial charge in [0.25, 0.3) is 0 Å². The van der Waals surface area contributed by atoms with Crippen molar-refractivity contribution in [3.63, 3.8) is 0 Å². The fraction of sp³-hybridized carbons (Fsp3) is 0.640. The molecule has 2 N–H and O–H groups in total. The van der Waals surface area contributed by atoms with Crippen LogP contribution >= 0.6 is 0 Å². The van der Waals surface area contributed by atoms with E-state index in [1.807, 2.05) is 38.1 Å². The highest BCUT2D eigenvalue weighted by atomic mass is 19.4. The quantitative estimate of drug-likeness (QED) is 0.668. The van der Waals surface area contributed by atoms with Gasteiger partial charge >= 0.3 is 6.18 Å². The molecule has 35 heavy (non-hydrogen) atoms. The van der Waals surface area contributed by atoms with Crippen LogP contribution in [0.4, 0.5) is 19.0 Å². The van der Waals surface area contributed by atoms with Gasteiger partial charge in [-0.05, 0) is 37.3 Å². The van der Waals surface area contributed by atoms with Crippen molar-refractivity contribution in [2.24, 2.45) is 11.8 Å². The summed E-state index contributed by atoms with van der Waals surface area (Å²) in [4.78, 5) is 27.3. The molecule has 4 atom stereocenters. The van der Waals surface area contributed by atoms with Crippen molar-refractivity contribution in [3.8, 4) is 0 Å². The number of nitrogens with zero attached hydrogens (tertiary/aromatic N) is 4. The lowest BCUT2D eigenvalue weighted by molar-refractivity contribution is -0.187. The summed E-state index contributed by atoms with van der Waals surface area (Å²) in [6, 6.07) is 7.13. The molecule has 10 heteroatoms. The van der Waals surface area contributed by atoms with Gasteiger partial charge in [0.2, 0.25) is 5.91 Å². The predicted molar refractivity (Wildman–Crippen MR) is 128 cm³/mol. The molecule has 3 unspecified atom stereocenters. The maximum absolute atomic E-state index is 13.4. The fourth-order valence-corrected chi connectivity index (χ4v) is 5.72. The monoisotopic (exact) mass is 490 g/mol. The second-order valence-electron chi connectivity index (χ2n) is 10.4. The van der Waals surface area contributed by atoms with Gasteiger partial charge in [0.1, 0.15) is 17.7 Å². The summed E-state index contributed by atoms with van der Waals surface area (Å²) < 4.78 is 40.2. The van der Waals surface area contributed by atoms with E-state index in [4.69, 9.17) is 9.97 Å². The topological polar surface area (TPSA) is 73.4 Å². The average Bonchev–Trinajstić information content (AvgIpc) is 2.82. The van der Waals surface area contributed by atoms with E-state index in [1.165, 1.54) is 0 Å². The molecular formula is C25H33F3N6O. The maximum atomic E-state index is 13.4. The first-order valence-corrected chi connectivity index (χ1v) is 12.6. The minimum atomic E-state index is -4.15. The van der Waals surface area contributed by atoms with Crippen LogP contribution in [0.25, 0.3) is 10.9 Å². The Morgan fingerprint density at radius 3 is 2.60 bits per heavy atom. The van der Waals surface area contributed by atoms with Crippen LogP contribution in [0.3, 0.4) is 0 Å². The number of benzene rings is 1. The zero-order valence-electron chi connectivity index (χ0n) is 20.2. The third-order valence-electron chi connectivity index (χ3n) is 7.69. The molecule has 1 aromatic heterocycles. The van der Waals surface area contributed by atoms with Gasteiger partial charge in [0, 0.05) is 31.1 Å². The Kier molecular flexibility index (Phi) is 6.61. The molecule has 0 spiro atoms. The van der Waals surface area contributed by atoms with E-state index in [2.05, 4.69) is 20.4 Å². The molecule has 190 valence electrons. The minimum Gasteiger partial charge on any atom is -0.358 e. The molecule has 0 radical (unpaired) electrons. The minimum absolute atomic E-state index is 0.00522. The first-order valence-electron chi connectivity index (χ1n) is 12.6. The number of para-hydroxylation sites is 1. The third kappa shape index (κ3) is 5.09. The van der Waals surface area contributed by atoms with Crippen molar-refractivity contribution in [2.75, 3.05) is 25.0 Å². The zero-order valence-corrected chi connectivity index (χ0v) is 20.2. The van der Waals surface area contributed by atoms with Crippen molar-refractivity contribution in [3.05, 3.63) is 30.1 Å². The van der Waals surface area contributed by atoms with Crippen molar-refractivity contribution in [1.82, 2.24) is 25.1 Å². The maximum Gasteiger partial charge on any atom is 0.391 e. The number of anilines is 1. The lowest BCUT2D eigenvalue weighted by Crippen LogP contribution is -2.64. The molecule has 2 bridgehead atoms. The summed E-state index contributed by atoms with van der Waals surface area (Å²) in [5.74, 6) is -0.0441. The molecule has 5 rings (SSSR count). The van der Waals surface area contributed by atoms with E-state index >= 15 is 0 Å². The van der Waals surface area contributed by atoms with Gasteiger partial charge < -0.3 is 10.6 Å². The number of amides is 1. The first-order chi connectivity index (χ1) is 16.7. The number of halogens is 3. The SMILES string of the molecule is CC(C)[C@@H]1Nc2nc(nc3ccccc23)CN2CCN(C3CCCC(C(F)(F)F)C3)CC2NC1=O. The molecule has 2 fully saturated rings. The predicted octanol–water partition coefficient (Wildman–Crippen LogP) is 3.76. The molecule has 1 amide bonds. The molecule has 1 saturated carbocycles. The van der Waals surface area contributed by atoms with Crippen LogP contribution in [0.1, 0.15) is 45.4 Å². The number of hydrogen-bond acceptors (Lipinski definition) is 6. The molecule has 3 heterocycles. The Bertz CT molecular complexity index is 1080. The van der Waals surface area contributed by atoms with Crippen LogP contribution in [0.15, 0.2) is 24.3 Å². The summed E-state index contributed by atoms with van der Waals surface area (Å²) in [5.41, 5.74) is 0.819. The lowest BCUT2D eigenvalue weighted by Gasteiger charge is -2.47. The molecule has 1 saturated heterocycles. The molecule has 3 aliphatic rings. The van der Waals surface area contributed by atoms with Gasteiger partial charge in [-0.25, -0.2) is 9.97 Å². The largest absolute Gasteiger partial charge is 0.391 e. The van der Waals surface area contributed by atoms with Gasteiger partial charge in [0.05, 0.1) is 24.1 Å². The number of nitrogens with one attached hydrogen (secondary N) is 2. The second-order valence-corrected chi connectivity index (χ2v) is 10.4. The summed E-state index contributed by atoms with van der Waals surface area (Å²) in [7, 11) is 0. The number of carbonyl (C=O) groups excluding carboxylic acids is 1. The molecule has 2 aliphatic heterocycles. The van der Waals surface area contributed by atoms with E-state index in [9.17, 15) is 18.0 Å². The second kappa shape index (κ2) is 9.54. The van der Waals surface area contributed by atoms with Gasteiger partial charge in [0.15, 0.2) is 0 Å². The van der Waals surface area contributed by atoms with Crippen LogP contribution in [0.2, 0.25) is 0 Å². The number of aromatic nitrogens is 2. The number of piperazine rings is 1. The zero-order chi connectivity index (χ0) is 24.7. The van der Waals surface area contributed by atoms with Crippen LogP contribution in [0, 0.1) is 11.8 Å². The van der Waals surface area contributed by atoms with Crippen LogP contribution in [-0.4, -0.2) is 69.7 Å². The van der Waals surface area contributed by atoms with E-state index in [-0.39, 0.29) is 36.9 Å². The summed E-state index contributed by atoms with van der Waals surface area (Å²) >= 11 is 0. The smallest absolute Gasteiger partial charge is 0.358 e. The fourth-order valence-electron chi connectivity index (χ4n) is 5.72. The van der Waals surface area contributed by atoms with E-state index < -0.39 is 18.1 Å². The first kappa shape index (κ1) is 24.2. The number of fused-ring (bicyclic) bond motifs is 5. The Morgan fingerprint density at radius 1 is 1.06 bits per heavy atom. The van der Waals surface area contributed by atoms with Crippen molar-refractivity contribution >= 4 is 22.6 Å². The van der Waals surface area contributed by atoms with Crippen LogP contribution in [-0.2, 0) is 11.3 Å². The summed E-state index contributed by atoms with van der Waals surface area (Å²) in [5, 5.41) is 7.42. The highest BCUT2D eigenvalue weighted by molar-refractivity contribution is 5.92. The van der Waals surface area contributed by atoms with Crippen molar-refractivity contribution in [1.29, 1.82) is 0 Å². The normalized spacial score (nSPS) is 28.9. The van der Waals surface area contributed by atoms with Crippen molar-refractivity contribution < 1.29 is 18.0 Å². The number of carbonyl (C=O) groups is 1. The Hall–Kier alpha value is -2.46. The van der Waals surface area contributed by atoms with Gasteiger partial charge in [-0.15, -0.1) is 0 Å². The Morgan fingerprint density at radius 2 is 1.83 bits per heavy atom. The summed E-state index contributed by atoms with van der Waals surface area (Å²) in [6.45, 7) is 6.21. The highest BCUT2D eigenvalue weighted by Gasteiger charge is 2.44. The number of alkyl halides is 3.